The Hall–Kier alpha value is -1.16. The van der Waals surface area contributed by atoms with Gasteiger partial charge in [-0.3, -0.25) is 4.98 Å². The molecule has 1 heterocycles. The molecule has 0 saturated heterocycles. The number of methoxy groups -OCH3 is 1. The lowest BCUT2D eigenvalue weighted by Gasteiger charge is -2.11. The third-order valence-corrected chi connectivity index (χ3v) is 1.48. The number of aryl methyl sites for hydroxylation is 1. The van der Waals surface area contributed by atoms with Gasteiger partial charge in [0, 0.05) is 7.11 Å². The Morgan fingerprint density at radius 3 is 2.40 bits per heavy atom. The maximum atomic E-state index is 5.41. The molecule has 1 aromatic rings. The maximum absolute atomic E-state index is 5.41. The first-order chi connectivity index (χ1) is 7.22. The van der Waals surface area contributed by atoms with E-state index in [4.69, 9.17) is 9.47 Å². The van der Waals surface area contributed by atoms with Crippen LogP contribution in [0.15, 0.2) is 12.4 Å². The number of hydrogen-bond donors (Lipinski definition) is 0. The summed E-state index contributed by atoms with van der Waals surface area (Å²) >= 11 is 0. The van der Waals surface area contributed by atoms with E-state index in [1.165, 1.54) is 0 Å². The lowest BCUT2D eigenvalue weighted by atomic mass is 10.4. The SMILES string of the molecule is CC.COC[C@H](C)Oc1cnc(C)cn1. The first kappa shape index (κ1) is 13.8. The molecule has 0 saturated carbocycles. The van der Waals surface area contributed by atoms with Gasteiger partial charge in [-0.1, -0.05) is 13.8 Å². The van der Waals surface area contributed by atoms with Crippen molar-refractivity contribution in [1.29, 1.82) is 0 Å². The molecule has 0 radical (unpaired) electrons. The Morgan fingerprint density at radius 1 is 1.27 bits per heavy atom. The molecule has 1 aromatic heterocycles. The maximum Gasteiger partial charge on any atom is 0.232 e. The highest BCUT2D eigenvalue weighted by Gasteiger charge is 2.03. The summed E-state index contributed by atoms with van der Waals surface area (Å²) in [5.41, 5.74) is 0.881. The minimum Gasteiger partial charge on any atom is -0.471 e. The molecule has 1 atom stereocenters. The zero-order valence-electron chi connectivity index (χ0n) is 10.2. The summed E-state index contributed by atoms with van der Waals surface area (Å²) in [6.07, 6.45) is 3.29. The molecule has 0 N–H and O–H groups in total. The predicted octanol–water partition coefficient (Wildman–Crippen LogP) is 2.22. The van der Waals surface area contributed by atoms with Crippen LogP contribution in [0.1, 0.15) is 26.5 Å². The summed E-state index contributed by atoms with van der Waals surface area (Å²) in [7, 11) is 1.64. The van der Waals surface area contributed by atoms with E-state index in [2.05, 4.69) is 9.97 Å². The van der Waals surface area contributed by atoms with Gasteiger partial charge in [0.2, 0.25) is 5.88 Å². The number of hydrogen-bond acceptors (Lipinski definition) is 4. The van der Waals surface area contributed by atoms with Gasteiger partial charge < -0.3 is 9.47 Å². The van der Waals surface area contributed by atoms with Gasteiger partial charge in [0.25, 0.3) is 0 Å². The second-order valence-electron chi connectivity index (χ2n) is 2.88. The molecule has 0 aliphatic heterocycles. The van der Waals surface area contributed by atoms with E-state index >= 15 is 0 Å². The highest BCUT2D eigenvalue weighted by atomic mass is 16.5. The Bertz CT molecular complexity index is 249. The summed E-state index contributed by atoms with van der Waals surface area (Å²) in [4.78, 5) is 8.12. The van der Waals surface area contributed by atoms with Gasteiger partial charge in [-0.25, -0.2) is 4.98 Å². The van der Waals surface area contributed by atoms with E-state index in [1.807, 2.05) is 27.7 Å². The molecule has 0 aromatic carbocycles. The molecule has 0 aliphatic rings. The standard InChI is InChI=1S/C9H14N2O2.C2H6/c1-7-4-11-9(5-10-7)13-8(2)6-12-3;1-2/h4-5,8H,6H2,1-3H3;1-2H3/t8-;/m0./s1. The number of rotatable bonds is 4. The molecule has 0 bridgehead atoms. The van der Waals surface area contributed by atoms with Crippen molar-refractivity contribution >= 4 is 0 Å². The number of ether oxygens (including phenoxy) is 2. The molecule has 0 aliphatic carbocycles. The summed E-state index contributed by atoms with van der Waals surface area (Å²) < 4.78 is 10.3. The molecule has 15 heavy (non-hydrogen) atoms. The molecule has 86 valence electrons. The van der Waals surface area contributed by atoms with Crippen LogP contribution in [0.2, 0.25) is 0 Å². The van der Waals surface area contributed by atoms with Gasteiger partial charge in [0.15, 0.2) is 0 Å². The molecule has 4 nitrogen and oxygen atoms in total. The van der Waals surface area contributed by atoms with Crippen LogP contribution in [0.25, 0.3) is 0 Å². The molecule has 0 unspecified atom stereocenters. The van der Waals surface area contributed by atoms with Crippen molar-refractivity contribution in [2.75, 3.05) is 13.7 Å². The van der Waals surface area contributed by atoms with Gasteiger partial charge in [0.05, 0.1) is 24.7 Å². The number of nitrogens with zero attached hydrogens (tertiary/aromatic N) is 2. The largest absolute Gasteiger partial charge is 0.471 e. The molecule has 0 amide bonds. The van der Waals surface area contributed by atoms with Crippen molar-refractivity contribution in [3.8, 4) is 5.88 Å². The Balaban J connectivity index is 0.000000921. The zero-order valence-corrected chi connectivity index (χ0v) is 10.2. The Kier molecular flexibility index (Phi) is 7.54. The highest BCUT2D eigenvalue weighted by molar-refractivity contribution is 5.06. The van der Waals surface area contributed by atoms with Crippen LogP contribution in [-0.4, -0.2) is 29.8 Å². The van der Waals surface area contributed by atoms with Crippen LogP contribution >= 0.6 is 0 Å². The van der Waals surface area contributed by atoms with E-state index in [0.29, 0.717) is 12.5 Å². The lowest BCUT2D eigenvalue weighted by molar-refractivity contribution is 0.0886. The summed E-state index contributed by atoms with van der Waals surface area (Å²) in [6.45, 7) is 8.36. The third kappa shape index (κ3) is 6.01. The van der Waals surface area contributed by atoms with Crippen LogP contribution in [0.5, 0.6) is 5.88 Å². The summed E-state index contributed by atoms with van der Waals surface area (Å²) in [6, 6.07) is 0. The van der Waals surface area contributed by atoms with Gasteiger partial charge in [-0.2, -0.15) is 0 Å². The minimum atomic E-state index is 0.00186. The first-order valence-electron chi connectivity index (χ1n) is 5.16. The fourth-order valence-corrected chi connectivity index (χ4v) is 0.916. The fraction of sp³-hybridized carbons (Fsp3) is 0.636. The van der Waals surface area contributed by atoms with Crippen molar-refractivity contribution in [2.24, 2.45) is 0 Å². The Labute approximate surface area is 91.7 Å². The zero-order chi connectivity index (χ0) is 11.7. The van der Waals surface area contributed by atoms with Crippen molar-refractivity contribution < 1.29 is 9.47 Å². The van der Waals surface area contributed by atoms with Crippen molar-refractivity contribution in [2.45, 2.75) is 33.8 Å². The van der Waals surface area contributed by atoms with Gasteiger partial charge in [-0.15, -0.1) is 0 Å². The van der Waals surface area contributed by atoms with Gasteiger partial charge in [-0.05, 0) is 13.8 Å². The fourth-order valence-electron chi connectivity index (χ4n) is 0.916. The highest BCUT2D eigenvalue weighted by Crippen LogP contribution is 2.05. The average Bonchev–Trinajstić information content (AvgIpc) is 2.25. The van der Waals surface area contributed by atoms with Crippen molar-refractivity contribution in [3.63, 3.8) is 0 Å². The number of aromatic nitrogens is 2. The van der Waals surface area contributed by atoms with Crippen LogP contribution < -0.4 is 4.74 Å². The lowest BCUT2D eigenvalue weighted by Crippen LogP contribution is -2.18. The molecule has 0 fully saturated rings. The summed E-state index contributed by atoms with van der Waals surface area (Å²) in [5, 5.41) is 0. The van der Waals surface area contributed by atoms with E-state index in [0.717, 1.165) is 5.69 Å². The van der Waals surface area contributed by atoms with E-state index < -0.39 is 0 Å². The van der Waals surface area contributed by atoms with Crippen LogP contribution in [0.3, 0.4) is 0 Å². The minimum absolute atomic E-state index is 0.00186. The first-order valence-corrected chi connectivity index (χ1v) is 5.16. The molecular weight excluding hydrogens is 192 g/mol. The molecule has 0 spiro atoms. The predicted molar refractivity (Wildman–Crippen MR) is 60.1 cm³/mol. The third-order valence-electron chi connectivity index (χ3n) is 1.48. The summed E-state index contributed by atoms with van der Waals surface area (Å²) in [5.74, 6) is 0.537. The molecule has 4 heteroatoms. The van der Waals surface area contributed by atoms with Gasteiger partial charge in [0.1, 0.15) is 6.10 Å². The second kappa shape index (κ2) is 8.17. The van der Waals surface area contributed by atoms with Crippen molar-refractivity contribution in [1.82, 2.24) is 9.97 Å². The van der Waals surface area contributed by atoms with E-state index in [-0.39, 0.29) is 6.10 Å². The molecule has 1 rings (SSSR count). The van der Waals surface area contributed by atoms with Crippen LogP contribution in [0.4, 0.5) is 0 Å². The van der Waals surface area contributed by atoms with E-state index in [1.54, 1.807) is 19.5 Å². The second-order valence-corrected chi connectivity index (χ2v) is 2.88. The smallest absolute Gasteiger partial charge is 0.232 e. The molecular formula is C11H20N2O2. The van der Waals surface area contributed by atoms with Gasteiger partial charge >= 0.3 is 0 Å². The quantitative estimate of drug-likeness (QED) is 0.767. The van der Waals surface area contributed by atoms with E-state index in [9.17, 15) is 0 Å². The van der Waals surface area contributed by atoms with Crippen LogP contribution in [-0.2, 0) is 4.74 Å². The average molecular weight is 212 g/mol. The van der Waals surface area contributed by atoms with Crippen LogP contribution in [0, 0.1) is 6.92 Å². The normalized spacial score (nSPS) is 11.3. The Morgan fingerprint density at radius 2 is 1.93 bits per heavy atom. The monoisotopic (exact) mass is 212 g/mol. The topological polar surface area (TPSA) is 44.2 Å². The van der Waals surface area contributed by atoms with Crippen molar-refractivity contribution in [3.05, 3.63) is 18.1 Å².